The third-order valence-corrected chi connectivity index (χ3v) is 4.20. The van der Waals surface area contributed by atoms with Gasteiger partial charge in [-0.2, -0.15) is 5.26 Å². The molecule has 0 bridgehead atoms. The summed E-state index contributed by atoms with van der Waals surface area (Å²) in [5.41, 5.74) is -0.140. The number of rotatable bonds is 6. The highest BCUT2D eigenvalue weighted by atomic mass is 16.2. The number of carbonyl (C=O) groups excluding carboxylic acids is 1. The molecule has 3 heteroatoms. The third kappa shape index (κ3) is 3.96. The van der Waals surface area contributed by atoms with Crippen molar-refractivity contribution in [2.75, 3.05) is 13.1 Å². The maximum Gasteiger partial charge on any atom is 0.228 e. The molecule has 108 valence electrons. The van der Waals surface area contributed by atoms with Gasteiger partial charge in [-0.25, -0.2) is 0 Å². The average Bonchev–Trinajstić information content (AvgIpc) is 2.83. The van der Waals surface area contributed by atoms with Gasteiger partial charge in [0.05, 0.1) is 12.0 Å². The van der Waals surface area contributed by atoms with E-state index in [0.29, 0.717) is 24.9 Å². The van der Waals surface area contributed by atoms with Crippen molar-refractivity contribution in [2.24, 2.45) is 17.3 Å². The summed E-state index contributed by atoms with van der Waals surface area (Å²) in [6, 6.07) is 2.23. The Labute approximate surface area is 118 Å². The molecule has 0 aliphatic heterocycles. The lowest BCUT2D eigenvalue weighted by atomic mass is 9.77. The van der Waals surface area contributed by atoms with Gasteiger partial charge in [0.15, 0.2) is 0 Å². The largest absolute Gasteiger partial charge is 0.341 e. The topological polar surface area (TPSA) is 44.1 Å². The Bertz CT molecular complexity index is 337. The third-order valence-electron chi connectivity index (χ3n) is 4.20. The number of hydrogen-bond acceptors (Lipinski definition) is 2. The van der Waals surface area contributed by atoms with E-state index in [-0.39, 0.29) is 11.3 Å². The van der Waals surface area contributed by atoms with Crippen molar-refractivity contribution in [2.45, 2.75) is 59.8 Å². The highest BCUT2D eigenvalue weighted by Gasteiger charge is 2.43. The highest BCUT2D eigenvalue weighted by Crippen LogP contribution is 2.44. The van der Waals surface area contributed by atoms with Crippen molar-refractivity contribution < 1.29 is 4.79 Å². The molecule has 0 aromatic heterocycles. The summed E-state index contributed by atoms with van der Waals surface area (Å²) in [5.74, 6) is 0.763. The molecule has 1 amide bonds. The minimum atomic E-state index is -0.140. The summed E-state index contributed by atoms with van der Waals surface area (Å²) in [6.07, 6.45) is 5.39. The van der Waals surface area contributed by atoms with E-state index >= 15 is 0 Å². The molecule has 1 rings (SSSR count). The minimum Gasteiger partial charge on any atom is -0.341 e. The van der Waals surface area contributed by atoms with Crippen molar-refractivity contribution in [3.8, 4) is 6.07 Å². The van der Waals surface area contributed by atoms with Gasteiger partial charge in [-0.05, 0) is 39.0 Å². The molecule has 0 heterocycles. The van der Waals surface area contributed by atoms with Crippen molar-refractivity contribution in [1.29, 1.82) is 5.26 Å². The highest BCUT2D eigenvalue weighted by molar-refractivity contribution is 5.83. The van der Waals surface area contributed by atoms with Crippen LogP contribution in [0.25, 0.3) is 0 Å². The first kappa shape index (κ1) is 16.0. The molecule has 1 unspecified atom stereocenters. The SMILES string of the molecule is CCN(CC(C)C#N)C(=O)C1(CC(C)C)CCCC1. The monoisotopic (exact) mass is 264 g/mol. The maximum atomic E-state index is 12.9. The molecule has 1 saturated carbocycles. The molecule has 0 aromatic carbocycles. The predicted molar refractivity (Wildman–Crippen MR) is 77.4 cm³/mol. The molecule has 1 aliphatic carbocycles. The van der Waals surface area contributed by atoms with Gasteiger partial charge < -0.3 is 4.90 Å². The van der Waals surface area contributed by atoms with Crippen LogP contribution in [0.15, 0.2) is 0 Å². The molecule has 0 N–H and O–H groups in total. The van der Waals surface area contributed by atoms with Crippen LogP contribution in [0.4, 0.5) is 0 Å². The van der Waals surface area contributed by atoms with Crippen LogP contribution in [-0.4, -0.2) is 23.9 Å². The summed E-state index contributed by atoms with van der Waals surface area (Å²) in [4.78, 5) is 14.8. The Balaban J connectivity index is 2.83. The maximum absolute atomic E-state index is 12.9. The van der Waals surface area contributed by atoms with Crippen LogP contribution < -0.4 is 0 Å². The second-order valence-electron chi connectivity index (χ2n) is 6.46. The number of nitrogens with zero attached hydrogens (tertiary/aromatic N) is 2. The van der Waals surface area contributed by atoms with Crippen LogP contribution in [0.5, 0.6) is 0 Å². The lowest BCUT2D eigenvalue weighted by molar-refractivity contribution is -0.143. The van der Waals surface area contributed by atoms with Crippen LogP contribution >= 0.6 is 0 Å². The summed E-state index contributed by atoms with van der Waals surface area (Å²) in [6.45, 7) is 9.58. The number of nitriles is 1. The van der Waals surface area contributed by atoms with E-state index in [0.717, 1.165) is 19.3 Å². The van der Waals surface area contributed by atoms with Gasteiger partial charge in [0.25, 0.3) is 0 Å². The van der Waals surface area contributed by atoms with Crippen LogP contribution in [0.2, 0.25) is 0 Å². The van der Waals surface area contributed by atoms with Crippen molar-refractivity contribution >= 4 is 5.91 Å². The van der Waals surface area contributed by atoms with E-state index in [1.807, 2.05) is 18.7 Å². The Morgan fingerprint density at radius 1 is 1.32 bits per heavy atom. The fraction of sp³-hybridized carbons (Fsp3) is 0.875. The number of hydrogen-bond donors (Lipinski definition) is 0. The molecule has 0 radical (unpaired) electrons. The summed E-state index contributed by atoms with van der Waals surface area (Å²) in [5, 5.41) is 8.95. The molecule has 1 aliphatic rings. The van der Waals surface area contributed by atoms with Crippen LogP contribution in [-0.2, 0) is 4.79 Å². The summed E-state index contributed by atoms with van der Waals surface area (Å²) in [7, 11) is 0. The molecule has 19 heavy (non-hydrogen) atoms. The molecule has 1 atom stereocenters. The Morgan fingerprint density at radius 3 is 2.32 bits per heavy atom. The zero-order valence-electron chi connectivity index (χ0n) is 12.9. The summed E-state index contributed by atoms with van der Waals surface area (Å²) >= 11 is 0. The first-order chi connectivity index (χ1) is 8.95. The fourth-order valence-electron chi connectivity index (χ4n) is 3.40. The van der Waals surface area contributed by atoms with E-state index in [9.17, 15) is 4.79 Å². The zero-order valence-corrected chi connectivity index (χ0v) is 12.9. The van der Waals surface area contributed by atoms with Crippen molar-refractivity contribution in [3.63, 3.8) is 0 Å². The van der Waals surface area contributed by atoms with E-state index in [1.165, 1.54) is 12.8 Å². The molecule has 0 aromatic rings. The van der Waals surface area contributed by atoms with Gasteiger partial charge >= 0.3 is 0 Å². The Hall–Kier alpha value is -1.04. The van der Waals surface area contributed by atoms with Crippen molar-refractivity contribution in [1.82, 2.24) is 4.90 Å². The van der Waals surface area contributed by atoms with Crippen molar-refractivity contribution in [3.05, 3.63) is 0 Å². The molecule has 3 nitrogen and oxygen atoms in total. The van der Waals surface area contributed by atoms with E-state index in [4.69, 9.17) is 5.26 Å². The average molecular weight is 264 g/mol. The predicted octanol–water partition coefficient (Wildman–Crippen LogP) is 3.60. The first-order valence-corrected chi connectivity index (χ1v) is 7.64. The summed E-state index contributed by atoms with van der Waals surface area (Å²) < 4.78 is 0. The van der Waals surface area contributed by atoms with Crippen LogP contribution in [0, 0.1) is 28.6 Å². The smallest absolute Gasteiger partial charge is 0.228 e. The fourth-order valence-corrected chi connectivity index (χ4v) is 3.40. The Kier molecular flexibility index (Phi) is 5.85. The standard InChI is InChI=1S/C16H28N2O/c1-5-18(12-14(4)11-17)15(19)16(10-13(2)3)8-6-7-9-16/h13-14H,5-10,12H2,1-4H3. The second kappa shape index (κ2) is 6.93. The van der Waals surface area contributed by atoms with Gasteiger partial charge in [-0.15, -0.1) is 0 Å². The Morgan fingerprint density at radius 2 is 1.89 bits per heavy atom. The quantitative estimate of drug-likeness (QED) is 0.735. The molecule has 1 fully saturated rings. The van der Waals surface area contributed by atoms with E-state index in [2.05, 4.69) is 19.9 Å². The van der Waals surface area contributed by atoms with Gasteiger partial charge in [0.2, 0.25) is 5.91 Å². The van der Waals surface area contributed by atoms with Gasteiger partial charge in [0.1, 0.15) is 0 Å². The second-order valence-corrected chi connectivity index (χ2v) is 6.46. The molecular weight excluding hydrogens is 236 g/mol. The van der Waals surface area contributed by atoms with Gasteiger partial charge in [-0.3, -0.25) is 4.79 Å². The van der Waals surface area contributed by atoms with E-state index < -0.39 is 0 Å². The normalized spacial score (nSPS) is 19.2. The zero-order chi connectivity index (χ0) is 14.5. The number of carbonyl (C=O) groups is 1. The molecule has 0 saturated heterocycles. The van der Waals surface area contributed by atoms with Gasteiger partial charge in [-0.1, -0.05) is 26.7 Å². The minimum absolute atomic E-state index is 0.0820. The van der Waals surface area contributed by atoms with Crippen LogP contribution in [0.3, 0.4) is 0 Å². The van der Waals surface area contributed by atoms with Crippen LogP contribution in [0.1, 0.15) is 59.8 Å². The molecular formula is C16H28N2O. The first-order valence-electron chi connectivity index (χ1n) is 7.64. The molecule has 0 spiro atoms. The number of amides is 1. The van der Waals surface area contributed by atoms with Gasteiger partial charge in [0, 0.05) is 18.5 Å². The van der Waals surface area contributed by atoms with E-state index in [1.54, 1.807) is 0 Å². The lowest BCUT2D eigenvalue weighted by Crippen LogP contribution is -2.45. The lowest BCUT2D eigenvalue weighted by Gasteiger charge is -2.35.